The van der Waals surface area contributed by atoms with Crippen LogP contribution in [0.1, 0.15) is 31.7 Å². The van der Waals surface area contributed by atoms with Gasteiger partial charge in [-0.2, -0.15) is 0 Å². The monoisotopic (exact) mass is 368 g/mol. The van der Waals surface area contributed by atoms with E-state index < -0.39 is 10.0 Å². The predicted molar refractivity (Wildman–Crippen MR) is 98.1 cm³/mol. The first-order chi connectivity index (χ1) is 11.9. The van der Waals surface area contributed by atoms with Crippen molar-refractivity contribution in [3.63, 3.8) is 0 Å². The number of sulfonamides is 1. The molecule has 0 saturated carbocycles. The lowest BCUT2D eigenvalue weighted by molar-refractivity contribution is -0.126. The molecule has 1 N–H and O–H groups in total. The fraction of sp³-hybridized carbons (Fsp3) is 0.611. The molecule has 1 aromatic carbocycles. The Kier molecular flexibility index (Phi) is 7.25. The van der Waals surface area contributed by atoms with Gasteiger partial charge in [-0.25, -0.2) is 12.7 Å². The van der Waals surface area contributed by atoms with Gasteiger partial charge in [-0.1, -0.05) is 12.1 Å². The van der Waals surface area contributed by atoms with E-state index >= 15 is 0 Å². The number of nitrogens with zero attached hydrogens (tertiary/aromatic N) is 1. The molecule has 25 heavy (non-hydrogen) atoms. The average molecular weight is 368 g/mol. The second-order valence-electron chi connectivity index (χ2n) is 6.43. The summed E-state index contributed by atoms with van der Waals surface area (Å²) in [5.41, 5.74) is 1.21. The molecule has 1 saturated heterocycles. The molecule has 140 valence electrons. The van der Waals surface area contributed by atoms with Gasteiger partial charge in [-0.3, -0.25) is 4.79 Å². The second-order valence-corrected chi connectivity index (χ2v) is 8.41. The Hall–Kier alpha value is -1.60. The standard InChI is InChI=1S/C18H28N2O4S/c1-3-24-17-10-8-15(9-11-17)6-4-12-19-18(21)16-7-5-13-20(14-16)25(2,22)23/h8-11,16H,3-7,12-14H2,1-2H3,(H,19,21)/t16-/m1/s1. The number of rotatable bonds is 8. The molecule has 0 aliphatic carbocycles. The summed E-state index contributed by atoms with van der Waals surface area (Å²) < 4.78 is 30.1. The van der Waals surface area contributed by atoms with Crippen molar-refractivity contribution in [3.05, 3.63) is 29.8 Å². The SMILES string of the molecule is CCOc1ccc(CCCNC(=O)[C@@H]2CCCN(S(C)(=O)=O)C2)cc1. The van der Waals surface area contributed by atoms with Gasteiger partial charge in [0.05, 0.1) is 18.8 Å². The van der Waals surface area contributed by atoms with E-state index in [0.717, 1.165) is 31.4 Å². The van der Waals surface area contributed by atoms with E-state index in [9.17, 15) is 13.2 Å². The molecular weight excluding hydrogens is 340 g/mol. The Morgan fingerprint density at radius 3 is 2.68 bits per heavy atom. The molecular formula is C18H28N2O4S. The molecule has 0 spiro atoms. The Labute approximate surface area is 150 Å². The lowest BCUT2D eigenvalue weighted by Crippen LogP contribution is -2.45. The highest BCUT2D eigenvalue weighted by atomic mass is 32.2. The van der Waals surface area contributed by atoms with Crippen LogP contribution in [0, 0.1) is 5.92 Å². The normalized spacial score (nSPS) is 18.7. The van der Waals surface area contributed by atoms with Crippen molar-refractivity contribution in [2.24, 2.45) is 5.92 Å². The van der Waals surface area contributed by atoms with Gasteiger partial charge in [-0.05, 0) is 50.3 Å². The number of carbonyl (C=O) groups excluding carboxylic acids is 1. The van der Waals surface area contributed by atoms with Gasteiger partial charge in [0.1, 0.15) is 5.75 Å². The van der Waals surface area contributed by atoms with Crippen LogP contribution in [0.5, 0.6) is 5.75 Å². The minimum absolute atomic E-state index is 0.0416. The lowest BCUT2D eigenvalue weighted by atomic mass is 9.99. The van der Waals surface area contributed by atoms with Crippen LogP contribution in [-0.4, -0.2) is 51.1 Å². The van der Waals surface area contributed by atoms with Crippen LogP contribution in [0.25, 0.3) is 0 Å². The Balaban J connectivity index is 1.71. The summed E-state index contributed by atoms with van der Waals surface area (Å²) in [4.78, 5) is 12.2. The smallest absolute Gasteiger partial charge is 0.224 e. The number of hydrogen-bond donors (Lipinski definition) is 1. The van der Waals surface area contributed by atoms with Gasteiger partial charge >= 0.3 is 0 Å². The molecule has 1 amide bonds. The molecule has 7 heteroatoms. The van der Waals surface area contributed by atoms with Gasteiger partial charge in [0.25, 0.3) is 0 Å². The lowest BCUT2D eigenvalue weighted by Gasteiger charge is -2.30. The maximum Gasteiger partial charge on any atom is 0.224 e. The van der Waals surface area contributed by atoms with Crippen molar-refractivity contribution in [1.29, 1.82) is 0 Å². The van der Waals surface area contributed by atoms with Crippen LogP contribution in [0.15, 0.2) is 24.3 Å². The Bertz CT molecular complexity index is 658. The largest absolute Gasteiger partial charge is 0.494 e. The zero-order valence-corrected chi connectivity index (χ0v) is 15.8. The topological polar surface area (TPSA) is 75.7 Å². The van der Waals surface area contributed by atoms with E-state index in [1.807, 2.05) is 31.2 Å². The van der Waals surface area contributed by atoms with Gasteiger partial charge in [0, 0.05) is 19.6 Å². The number of aryl methyl sites for hydroxylation is 1. The van der Waals surface area contributed by atoms with Crippen LogP contribution in [0.3, 0.4) is 0 Å². The summed E-state index contributed by atoms with van der Waals surface area (Å²) in [6, 6.07) is 7.99. The molecule has 1 atom stereocenters. The third-order valence-corrected chi connectivity index (χ3v) is 5.67. The molecule has 2 rings (SSSR count). The average Bonchev–Trinajstić information content (AvgIpc) is 2.59. The summed E-state index contributed by atoms with van der Waals surface area (Å²) in [6.07, 6.45) is 4.41. The van der Waals surface area contributed by atoms with Crippen LogP contribution in [0.4, 0.5) is 0 Å². The number of amides is 1. The van der Waals surface area contributed by atoms with Crippen molar-refractivity contribution in [1.82, 2.24) is 9.62 Å². The third kappa shape index (κ3) is 6.32. The van der Waals surface area contributed by atoms with Crippen LogP contribution in [0.2, 0.25) is 0 Å². The molecule has 1 aliphatic rings. The highest BCUT2D eigenvalue weighted by Gasteiger charge is 2.29. The maximum atomic E-state index is 12.2. The Morgan fingerprint density at radius 2 is 2.04 bits per heavy atom. The minimum Gasteiger partial charge on any atom is -0.494 e. The van der Waals surface area contributed by atoms with Crippen LogP contribution >= 0.6 is 0 Å². The van der Waals surface area contributed by atoms with Gasteiger partial charge in [-0.15, -0.1) is 0 Å². The Morgan fingerprint density at radius 1 is 1.32 bits per heavy atom. The number of carbonyl (C=O) groups is 1. The van der Waals surface area contributed by atoms with Gasteiger partial charge in [0.15, 0.2) is 0 Å². The maximum absolute atomic E-state index is 12.2. The molecule has 6 nitrogen and oxygen atoms in total. The van der Waals surface area contributed by atoms with E-state index in [1.54, 1.807) is 0 Å². The highest BCUT2D eigenvalue weighted by Crippen LogP contribution is 2.19. The van der Waals surface area contributed by atoms with Crippen molar-refractivity contribution in [3.8, 4) is 5.75 Å². The van der Waals surface area contributed by atoms with Gasteiger partial charge in [0.2, 0.25) is 15.9 Å². The minimum atomic E-state index is -3.22. The zero-order valence-electron chi connectivity index (χ0n) is 15.0. The van der Waals surface area contributed by atoms with E-state index in [1.165, 1.54) is 16.1 Å². The number of benzene rings is 1. The van der Waals surface area contributed by atoms with Crippen LogP contribution in [-0.2, 0) is 21.2 Å². The molecule has 0 aromatic heterocycles. The summed E-state index contributed by atoms with van der Waals surface area (Å²) >= 11 is 0. The number of piperidine rings is 1. The first kappa shape index (κ1) is 19.7. The van der Waals surface area contributed by atoms with E-state index in [-0.39, 0.29) is 11.8 Å². The second kappa shape index (κ2) is 9.20. The number of nitrogens with one attached hydrogen (secondary N) is 1. The summed E-state index contributed by atoms with van der Waals surface area (Å²) in [5.74, 6) is 0.585. The fourth-order valence-electron chi connectivity index (χ4n) is 3.03. The zero-order chi connectivity index (χ0) is 18.3. The third-order valence-electron chi connectivity index (χ3n) is 4.40. The van der Waals surface area contributed by atoms with Crippen molar-refractivity contribution >= 4 is 15.9 Å². The summed E-state index contributed by atoms with van der Waals surface area (Å²) in [5, 5.41) is 2.94. The molecule has 1 aromatic rings. The quantitative estimate of drug-likeness (QED) is 0.710. The number of hydrogen-bond acceptors (Lipinski definition) is 4. The first-order valence-corrected chi connectivity index (χ1v) is 10.7. The number of ether oxygens (including phenoxy) is 1. The fourth-order valence-corrected chi connectivity index (χ4v) is 3.94. The molecule has 1 aliphatic heterocycles. The van der Waals surface area contributed by atoms with Crippen molar-refractivity contribution in [2.75, 3.05) is 32.5 Å². The van der Waals surface area contributed by atoms with Crippen molar-refractivity contribution in [2.45, 2.75) is 32.6 Å². The van der Waals surface area contributed by atoms with E-state index in [2.05, 4.69) is 5.32 Å². The molecule has 0 radical (unpaired) electrons. The van der Waals surface area contributed by atoms with Gasteiger partial charge < -0.3 is 10.1 Å². The summed E-state index contributed by atoms with van der Waals surface area (Å²) in [7, 11) is -3.22. The van der Waals surface area contributed by atoms with E-state index in [0.29, 0.717) is 26.2 Å². The van der Waals surface area contributed by atoms with E-state index in [4.69, 9.17) is 4.74 Å². The van der Waals surface area contributed by atoms with Crippen molar-refractivity contribution < 1.29 is 17.9 Å². The van der Waals surface area contributed by atoms with Crippen LogP contribution < -0.4 is 10.1 Å². The molecule has 1 fully saturated rings. The molecule has 0 bridgehead atoms. The highest BCUT2D eigenvalue weighted by molar-refractivity contribution is 7.88. The molecule has 1 heterocycles. The predicted octanol–water partition coefficient (Wildman–Crippen LogP) is 1.81. The summed E-state index contributed by atoms with van der Waals surface area (Å²) in [6.45, 7) is 4.02. The molecule has 0 unspecified atom stereocenters. The first-order valence-electron chi connectivity index (χ1n) is 8.84.